The van der Waals surface area contributed by atoms with Crippen LogP contribution in [0.25, 0.3) is 0 Å². The van der Waals surface area contributed by atoms with Gasteiger partial charge in [-0.15, -0.1) is 0 Å². The minimum absolute atomic E-state index is 0.0108. The van der Waals surface area contributed by atoms with Crippen molar-refractivity contribution in [3.63, 3.8) is 0 Å². The first-order valence-corrected chi connectivity index (χ1v) is 44.0. The summed E-state index contributed by atoms with van der Waals surface area (Å²) < 4.78 is 201. The predicted molar refractivity (Wildman–Crippen MR) is 433 cm³/mol. The summed E-state index contributed by atoms with van der Waals surface area (Å²) in [4.78, 5) is 51.4. The maximum Gasteiger partial charge on any atom is 0.419 e. The Hall–Kier alpha value is -7.62. The van der Waals surface area contributed by atoms with Crippen molar-refractivity contribution in [3.8, 4) is 17.2 Å². The number of carbonyl (C=O) groups excluding carboxylic acids is 2. The summed E-state index contributed by atoms with van der Waals surface area (Å²) in [6, 6.07) is 8.82. The molecular weight excluding hydrogens is 1620 g/mol. The molecular formula is C76H102Cl2F9N15O10S3. The molecule has 1 aliphatic heterocycles. The Kier molecular flexibility index (Phi) is 32.1. The first-order valence-electron chi connectivity index (χ1n) is 37.2. The fourth-order valence-corrected chi connectivity index (χ4v) is 17.8. The van der Waals surface area contributed by atoms with Gasteiger partial charge in [-0.25, -0.2) is 51.2 Å². The summed E-state index contributed by atoms with van der Waals surface area (Å²) in [6.07, 6.45) is 1.03. The number of Topliss-reactive ketones (excluding diaryl/α,β-unsaturated/α-hetero) is 1. The van der Waals surface area contributed by atoms with Gasteiger partial charge in [-0.3, -0.25) is 18.0 Å². The second kappa shape index (κ2) is 39.8. The summed E-state index contributed by atoms with van der Waals surface area (Å²) in [5.74, 6) is 7.21. The number of aryl methyl sites for hydroxylation is 1. The summed E-state index contributed by atoms with van der Waals surface area (Å²) in [6.45, 7) is 7.38. The van der Waals surface area contributed by atoms with Gasteiger partial charge in [0.25, 0.3) is 5.91 Å². The highest BCUT2D eigenvalue weighted by Crippen LogP contribution is 2.44. The maximum atomic E-state index is 14.0. The number of aromatic nitrogens is 6. The highest BCUT2D eigenvalue weighted by molar-refractivity contribution is 7.97. The molecule has 1 saturated heterocycles. The molecule has 4 aliphatic rings. The molecule has 10 rings (SSSR count). The molecule has 5 N–H and O–H groups in total. The molecule has 3 aromatic heterocycles. The van der Waals surface area contributed by atoms with Crippen molar-refractivity contribution in [2.45, 2.75) is 147 Å². The van der Waals surface area contributed by atoms with Crippen LogP contribution in [0.1, 0.15) is 144 Å². The molecule has 1 amide bonds. The van der Waals surface area contributed by atoms with Crippen LogP contribution < -0.4 is 45.7 Å². The monoisotopic (exact) mass is 1720 g/mol. The third-order valence-electron chi connectivity index (χ3n) is 21.1. The normalized spacial score (nSPS) is 19.9. The summed E-state index contributed by atoms with van der Waals surface area (Å²) in [7, 11) is 2.21. The molecule has 4 fully saturated rings. The van der Waals surface area contributed by atoms with Gasteiger partial charge in [-0.2, -0.15) is 39.5 Å². The number of piperazine rings is 1. The number of methoxy groups -OCH3 is 4. The molecule has 25 nitrogen and oxygen atoms in total. The summed E-state index contributed by atoms with van der Waals surface area (Å²) in [5, 5.41) is 15.5. The van der Waals surface area contributed by atoms with Gasteiger partial charge in [-0.05, 0) is 144 Å². The van der Waals surface area contributed by atoms with Gasteiger partial charge in [0.2, 0.25) is 27.9 Å². The minimum Gasteiger partial charge on any atom is -0.495 e. The number of alkyl halides is 9. The molecule has 4 heterocycles. The van der Waals surface area contributed by atoms with Crippen molar-refractivity contribution in [1.82, 2.24) is 53.5 Å². The predicted octanol–water partition coefficient (Wildman–Crippen LogP) is 13.9. The maximum absolute atomic E-state index is 14.0. The van der Waals surface area contributed by atoms with E-state index < -0.39 is 70.7 Å². The van der Waals surface area contributed by atoms with E-state index in [1.54, 1.807) is 67.1 Å². The SMILES string of the molecule is C=S(C)(=O)N(C)[C@@H]1CCCC[C@H]1Cc1nc(Nc2cc(C)c(C(=O)NCCOC)cc2OC)ncc1C(F)(F)F.C=S(C)(=O)N(C)[C@@H]1CCC[C@H]1Cc1nc(Nc2cc(Cl)c(N3CCNCC3)cc2OC)ncc1C(F)(F)F.CCC(=O)c1cc(OC)c(Nc2ncc(C(F)(F)F)c(C[C@@H]3CCCC[C@H]3N(C)S(C)(=O)=O)n2)cc1Cl. The number of halogens is 11. The van der Waals surface area contributed by atoms with Crippen LogP contribution in [0.5, 0.6) is 17.2 Å². The molecule has 636 valence electrons. The Bertz CT molecular complexity index is 4740. The molecule has 3 aromatic carbocycles. The topological polar surface area (TPSA) is 290 Å². The number of benzene rings is 3. The van der Waals surface area contributed by atoms with Gasteiger partial charge in [0.1, 0.15) is 17.2 Å². The molecule has 0 radical (unpaired) electrons. The van der Waals surface area contributed by atoms with Gasteiger partial charge in [0.15, 0.2) is 5.78 Å². The molecule has 8 atom stereocenters. The van der Waals surface area contributed by atoms with Gasteiger partial charge in [0.05, 0.1) is 101 Å². The number of amides is 1. The standard InChI is InChI=1S/C27H38F3N5O4S.C25H34ClF3N6O2S.C24H30ClF3N4O4S/c1-17-13-22(24(39-4)15-19(17)25(36)31-11-12-38-3)34-26-32-16-20(27(28,29)30)21(33-26)14-18-9-7-8-10-23(18)35(2)40(5,6)37;1-34(38(3,4)36)21-7-5-6-16(21)12-19-17(25(27,28)29)15-31-24(32-19)33-20-13-18(26)22(14-23(20)37-2)35-10-8-30-9-11-35;1-5-21(33)15-11-22(36-3)19(12-17(15)25)31-23-29-13-16(24(26,27)28)18(30-23)10-14-8-6-7-9-20(14)32(2)37(4,34)35/h13,15-16,18,23H,5,7-12,14H2,1-4,6H3,(H,31,36)(H,32,33,34);13-16,21,30H,3,5-12H2,1-2,4H3,(H,31,32,33);11-14,20H,5-10H2,1-4H3,(H,29,30,31)/t18-,23+,40?;16-,21+,38?;14-,20+/m000/s1. The zero-order valence-electron chi connectivity index (χ0n) is 66.4. The smallest absolute Gasteiger partial charge is 0.419 e. The average molecular weight is 1720 g/mol. The van der Waals surface area contributed by atoms with E-state index >= 15 is 0 Å². The first-order chi connectivity index (χ1) is 53.9. The fraction of sp³-hybridized carbons (Fsp3) is 0.553. The molecule has 6 aromatic rings. The number of sulfonamides is 1. The Labute approximate surface area is 677 Å². The molecule has 3 saturated carbocycles. The molecule has 115 heavy (non-hydrogen) atoms. The number of anilines is 7. The number of nitrogens with zero attached hydrogens (tertiary/aromatic N) is 10. The number of ether oxygens (including phenoxy) is 4. The first kappa shape index (κ1) is 92.9. The van der Waals surface area contributed by atoms with Crippen LogP contribution in [-0.2, 0) is 72.0 Å². The quantitative estimate of drug-likeness (QED) is 0.0132. The van der Waals surface area contributed by atoms with Crippen molar-refractivity contribution in [2.24, 2.45) is 17.8 Å². The number of rotatable bonds is 28. The highest BCUT2D eigenvalue weighted by atomic mass is 35.5. The van der Waals surface area contributed by atoms with E-state index in [9.17, 15) is 65.9 Å². The van der Waals surface area contributed by atoms with Crippen LogP contribution in [0.15, 0.2) is 55.0 Å². The van der Waals surface area contributed by atoms with Crippen molar-refractivity contribution in [1.29, 1.82) is 0 Å². The second-order valence-corrected chi connectivity index (χ2v) is 36.9. The molecule has 39 heteroatoms. The fourth-order valence-electron chi connectivity index (χ4n) is 14.8. The Morgan fingerprint density at radius 2 is 0.930 bits per heavy atom. The minimum atomic E-state index is -4.69. The Morgan fingerprint density at radius 3 is 1.32 bits per heavy atom. The summed E-state index contributed by atoms with van der Waals surface area (Å²) in [5.41, 5.74) is 0.000765. The number of ketones is 1. The van der Waals surface area contributed by atoms with Crippen LogP contribution in [-0.4, -0.2) is 209 Å². The van der Waals surface area contributed by atoms with E-state index in [1.807, 2.05) is 0 Å². The third-order valence-corrected chi connectivity index (χ3v) is 26.1. The second-order valence-electron chi connectivity index (χ2n) is 29.1. The van der Waals surface area contributed by atoms with E-state index in [0.717, 1.165) is 95.5 Å². The molecule has 0 spiro atoms. The van der Waals surface area contributed by atoms with Crippen molar-refractivity contribution in [3.05, 3.63) is 115 Å². The van der Waals surface area contributed by atoms with Gasteiger partial charge in [0, 0.05) is 139 Å². The number of carbonyl (C=O) groups is 2. The third kappa shape index (κ3) is 24.8. The van der Waals surface area contributed by atoms with E-state index in [4.69, 9.17) is 42.1 Å². The van der Waals surface area contributed by atoms with Crippen LogP contribution in [0, 0.1) is 24.7 Å². The lowest BCUT2D eigenvalue weighted by atomic mass is 9.81. The molecule has 0 bridgehead atoms. The van der Waals surface area contributed by atoms with Crippen molar-refractivity contribution < 1.29 is 84.9 Å². The van der Waals surface area contributed by atoms with Crippen LogP contribution in [0.2, 0.25) is 10.0 Å². The zero-order chi connectivity index (χ0) is 84.9. The Balaban J connectivity index is 0.000000216. The van der Waals surface area contributed by atoms with E-state index in [-0.39, 0.29) is 124 Å². The van der Waals surface area contributed by atoms with Crippen LogP contribution in [0.3, 0.4) is 0 Å². The van der Waals surface area contributed by atoms with E-state index in [0.29, 0.717) is 84.1 Å². The zero-order valence-corrected chi connectivity index (χ0v) is 70.3. The lowest BCUT2D eigenvalue weighted by Gasteiger charge is -2.38. The van der Waals surface area contributed by atoms with Gasteiger partial charge in [-0.1, -0.05) is 62.2 Å². The Morgan fingerprint density at radius 1 is 0.557 bits per heavy atom. The van der Waals surface area contributed by atoms with E-state index in [2.05, 4.69) is 73.1 Å². The number of nitrogens with one attached hydrogen (secondary N) is 5. The highest BCUT2D eigenvalue weighted by Gasteiger charge is 2.43. The lowest BCUT2D eigenvalue weighted by Crippen LogP contribution is -2.44. The molecule has 3 aliphatic carbocycles. The largest absolute Gasteiger partial charge is 0.495 e. The summed E-state index contributed by atoms with van der Waals surface area (Å²) >= 11 is 12.9. The van der Waals surface area contributed by atoms with Gasteiger partial charge < -0.3 is 50.4 Å². The van der Waals surface area contributed by atoms with Crippen molar-refractivity contribution >= 4 is 117 Å². The van der Waals surface area contributed by atoms with E-state index in [1.165, 1.54) is 58.2 Å². The van der Waals surface area contributed by atoms with Crippen LogP contribution in [0.4, 0.5) is 80.1 Å². The van der Waals surface area contributed by atoms with Gasteiger partial charge >= 0.3 is 18.5 Å². The molecule has 2 unspecified atom stereocenters. The lowest BCUT2D eigenvalue weighted by molar-refractivity contribution is -0.139. The van der Waals surface area contributed by atoms with Crippen LogP contribution >= 0.6 is 23.2 Å². The van der Waals surface area contributed by atoms with Crippen molar-refractivity contribution in [2.75, 3.05) is 129 Å². The number of hydrogen-bond acceptors (Lipinski definition) is 21. The number of hydrogen-bond donors (Lipinski definition) is 5. The average Bonchev–Trinajstić information content (AvgIpc) is 1.56.